The second-order valence-electron chi connectivity index (χ2n) is 4.45. The van der Waals surface area contributed by atoms with E-state index >= 15 is 0 Å². The number of rotatable bonds is 2. The van der Waals surface area contributed by atoms with Crippen molar-refractivity contribution in [2.75, 3.05) is 18.8 Å². The number of alkyl halides is 3. The van der Waals surface area contributed by atoms with Crippen molar-refractivity contribution < 1.29 is 13.2 Å². The molecule has 98 valence electrons. The van der Waals surface area contributed by atoms with Crippen LogP contribution in [0.4, 0.5) is 18.9 Å². The number of nitrogens with zero attached hydrogens (tertiary/aromatic N) is 1. The van der Waals surface area contributed by atoms with E-state index in [9.17, 15) is 13.2 Å². The summed E-state index contributed by atoms with van der Waals surface area (Å²) in [6, 6.07) is 7.41. The summed E-state index contributed by atoms with van der Waals surface area (Å²) in [6.07, 6.45) is -2.83. The van der Waals surface area contributed by atoms with E-state index in [0.29, 0.717) is 25.3 Å². The van der Waals surface area contributed by atoms with Crippen LogP contribution in [0.1, 0.15) is 12.0 Å². The van der Waals surface area contributed by atoms with E-state index in [-0.39, 0.29) is 6.42 Å². The fraction of sp³-hybridized carbons (Fsp3) is 0.385. The van der Waals surface area contributed by atoms with Gasteiger partial charge >= 0.3 is 6.18 Å². The van der Waals surface area contributed by atoms with Gasteiger partial charge in [-0.25, -0.2) is 0 Å². The summed E-state index contributed by atoms with van der Waals surface area (Å²) < 4.78 is 37.3. The highest BCUT2D eigenvalue weighted by Gasteiger charge is 2.34. The van der Waals surface area contributed by atoms with Crippen LogP contribution in [-0.4, -0.2) is 24.2 Å². The van der Waals surface area contributed by atoms with Gasteiger partial charge in [0, 0.05) is 30.9 Å². The molecule has 1 aromatic carbocycles. The summed E-state index contributed by atoms with van der Waals surface area (Å²) in [4.78, 5) is 1.99. The van der Waals surface area contributed by atoms with E-state index in [2.05, 4.69) is 0 Å². The highest BCUT2D eigenvalue weighted by atomic mass is 19.4. The Morgan fingerprint density at radius 2 is 1.83 bits per heavy atom. The van der Waals surface area contributed by atoms with Gasteiger partial charge in [-0.1, -0.05) is 18.2 Å². The van der Waals surface area contributed by atoms with Crippen molar-refractivity contribution in [2.24, 2.45) is 0 Å². The molecule has 0 radical (unpaired) electrons. The van der Waals surface area contributed by atoms with Gasteiger partial charge in [-0.2, -0.15) is 13.2 Å². The van der Waals surface area contributed by atoms with Gasteiger partial charge < -0.3 is 5.73 Å². The number of hydrogen-bond acceptors (Lipinski definition) is 2. The molecular formula is C13H15F3N2. The van der Waals surface area contributed by atoms with Crippen molar-refractivity contribution in [3.8, 4) is 0 Å². The van der Waals surface area contributed by atoms with Gasteiger partial charge in [0.15, 0.2) is 0 Å². The molecule has 0 aromatic heterocycles. The Morgan fingerprint density at radius 3 is 2.33 bits per heavy atom. The molecule has 0 atom stereocenters. The predicted octanol–water partition coefficient (Wildman–Crippen LogP) is 2.96. The summed E-state index contributed by atoms with van der Waals surface area (Å²) in [7, 11) is 0. The van der Waals surface area contributed by atoms with E-state index in [0.717, 1.165) is 5.56 Å². The molecule has 0 saturated carbocycles. The van der Waals surface area contributed by atoms with Crippen LogP contribution in [-0.2, 0) is 6.54 Å². The van der Waals surface area contributed by atoms with Gasteiger partial charge in [-0.05, 0) is 24.1 Å². The largest absolute Gasteiger partial charge is 0.412 e. The quantitative estimate of drug-likeness (QED) is 0.651. The smallest absolute Gasteiger partial charge is 0.399 e. The maximum absolute atomic E-state index is 12.4. The lowest BCUT2D eigenvalue weighted by Gasteiger charge is -2.27. The minimum Gasteiger partial charge on any atom is -0.399 e. The van der Waals surface area contributed by atoms with E-state index in [1.807, 2.05) is 17.0 Å². The molecule has 5 heteroatoms. The third kappa shape index (κ3) is 3.26. The Hall–Kier alpha value is -1.49. The van der Waals surface area contributed by atoms with Crippen molar-refractivity contribution >= 4 is 5.69 Å². The molecule has 0 bridgehead atoms. The first-order valence-electron chi connectivity index (χ1n) is 5.78. The second-order valence-corrected chi connectivity index (χ2v) is 4.45. The topological polar surface area (TPSA) is 29.3 Å². The van der Waals surface area contributed by atoms with Crippen LogP contribution in [0, 0.1) is 0 Å². The lowest BCUT2D eigenvalue weighted by atomic mass is 10.1. The monoisotopic (exact) mass is 256 g/mol. The molecular weight excluding hydrogens is 241 g/mol. The molecule has 0 aliphatic carbocycles. The first-order valence-corrected chi connectivity index (χ1v) is 5.78. The molecule has 0 unspecified atom stereocenters. The van der Waals surface area contributed by atoms with Crippen molar-refractivity contribution in [1.29, 1.82) is 0 Å². The molecule has 1 aliphatic heterocycles. The van der Waals surface area contributed by atoms with Crippen molar-refractivity contribution in [3.63, 3.8) is 0 Å². The fourth-order valence-corrected chi connectivity index (χ4v) is 1.99. The number of halogens is 3. The van der Waals surface area contributed by atoms with Gasteiger partial charge in [0.2, 0.25) is 0 Å². The minimum absolute atomic E-state index is 0.0679. The third-order valence-electron chi connectivity index (χ3n) is 3.04. The number of nitrogens with two attached hydrogens (primary N) is 1. The fourth-order valence-electron chi connectivity index (χ4n) is 1.99. The Kier molecular flexibility index (Phi) is 3.61. The third-order valence-corrected chi connectivity index (χ3v) is 3.04. The van der Waals surface area contributed by atoms with Crippen LogP contribution in [0.15, 0.2) is 35.9 Å². The van der Waals surface area contributed by atoms with E-state index in [4.69, 9.17) is 5.73 Å². The number of nitrogen functional groups attached to an aromatic ring is 1. The van der Waals surface area contributed by atoms with E-state index in [1.165, 1.54) is 6.08 Å². The molecule has 2 N–H and O–H groups in total. The average molecular weight is 256 g/mol. The van der Waals surface area contributed by atoms with Crippen molar-refractivity contribution in [1.82, 2.24) is 4.90 Å². The molecule has 1 heterocycles. The summed E-state index contributed by atoms with van der Waals surface area (Å²) >= 11 is 0. The van der Waals surface area contributed by atoms with Crippen LogP contribution in [0.25, 0.3) is 0 Å². The summed E-state index contributed by atoms with van der Waals surface area (Å²) in [5, 5.41) is 0. The Morgan fingerprint density at radius 1 is 1.17 bits per heavy atom. The van der Waals surface area contributed by atoms with E-state index in [1.54, 1.807) is 12.1 Å². The van der Waals surface area contributed by atoms with Crippen LogP contribution in [0.5, 0.6) is 0 Å². The zero-order chi connectivity index (χ0) is 13.2. The van der Waals surface area contributed by atoms with E-state index < -0.39 is 11.7 Å². The van der Waals surface area contributed by atoms with Gasteiger partial charge in [0.25, 0.3) is 0 Å². The molecule has 2 rings (SSSR count). The lowest BCUT2D eigenvalue weighted by molar-refractivity contribution is -0.0960. The Bertz CT molecular complexity index is 435. The number of benzene rings is 1. The van der Waals surface area contributed by atoms with Gasteiger partial charge in [-0.15, -0.1) is 0 Å². The Labute approximate surface area is 104 Å². The molecule has 0 fully saturated rings. The van der Waals surface area contributed by atoms with Gasteiger partial charge in [-0.3, -0.25) is 4.90 Å². The zero-order valence-electron chi connectivity index (χ0n) is 9.87. The summed E-state index contributed by atoms with van der Waals surface area (Å²) in [5.74, 6) is 0. The molecule has 0 spiro atoms. The molecule has 18 heavy (non-hydrogen) atoms. The van der Waals surface area contributed by atoms with Crippen LogP contribution in [0.3, 0.4) is 0 Å². The zero-order valence-corrected chi connectivity index (χ0v) is 9.87. The molecule has 0 amide bonds. The normalized spacial score (nSPS) is 17.6. The van der Waals surface area contributed by atoms with Crippen LogP contribution < -0.4 is 5.73 Å². The summed E-state index contributed by atoms with van der Waals surface area (Å²) in [5.41, 5.74) is 6.93. The Balaban J connectivity index is 1.94. The summed E-state index contributed by atoms with van der Waals surface area (Å²) in [6.45, 7) is 1.44. The highest BCUT2D eigenvalue weighted by Crippen LogP contribution is 2.30. The average Bonchev–Trinajstić information content (AvgIpc) is 2.32. The molecule has 0 saturated heterocycles. The van der Waals surface area contributed by atoms with Crippen molar-refractivity contribution in [3.05, 3.63) is 41.5 Å². The van der Waals surface area contributed by atoms with Crippen LogP contribution in [0.2, 0.25) is 0 Å². The van der Waals surface area contributed by atoms with Gasteiger partial charge in [0.1, 0.15) is 0 Å². The van der Waals surface area contributed by atoms with Gasteiger partial charge in [0.05, 0.1) is 0 Å². The lowest BCUT2D eigenvalue weighted by Crippen LogP contribution is -2.31. The molecule has 1 aromatic rings. The first-order chi connectivity index (χ1) is 8.45. The molecule has 1 aliphatic rings. The minimum atomic E-state index is -4.17. The highest BCUT2D eigenvalue weighted by molar-refractivity contribution is 5.39. The SMILES string of the molecule is Nc1ccc(CN2CC=C(C(F)(F)F)CC2)cc1. The second kappa shape index (κ2) is 5.02. The van der Waals surface area contributed by atoms with Crippen molar-refractivity contribution in [2.45, 2.75) is 19.1 Å². The first kappa shape index (κ1) is 13.0. The standard InChI is InChI=1S/C13H15F3N2/c14-13(15,16)11-5-7-18(8-6-11)9-10-1-3-12(17)4-2-10/h1-5H,6-9,17H2. The molecule has 2 nitrogen and oxygen atoms in total. The maximum atomic E-state index is 12.4. The number of anilines is 1. The maximum Gasteiger partial charge on any atom is 0.412 e. The van der Waals surface area contributed by atoms with Crippen LogP contribution >= 0.6 is 0 Å². The predicted molar refractivity (Wildman–Crippen MR) is 64.9 cm³/mol. The number of hydrogen-bond donors (Lipinski definition) is 1.